The second kappa shape index (κ2) is 12.0. The molecule has 5 rings (SSSR count). The molecule has 0 bridgehead atoms. The van der Waals surface area contributed by atoms with Gasteiger partial charge in [0.25, 0.3) is 5.91 Å². The number of hydrogen-bond donors (Lipinski definition) is 5. The first-order chi connectivity index (χ1) is 18.5. The topological polar surface area (TPSA) is 164 Å². The van der Waals surface area contributed by atoms with Gasteiger partial charge in [-0.2, -0.15) is 0 Å². The third kappa shape index (κ3) is 6.45. The minimum absolute atomic E-state index is 0.248. The van der Waals surface area contributed by atoms with Gasteiger partial charge in [0.2, 0.25) is 0 Å². The van der Waals surface area contributed by atoms with Crippen LogP contribution < -0.4 is 22.1 Å². The van der Waals surface area contributed by atoms with Crippen LogP contribution in [0.25, 0.3) is 10.7 Å². The van der Waals surface area contributed by atoms with Crippen LogP contribution in [0, 0.1) is 5.92 Å². The average molecular weight is 533 g/mol. The number of hydrogen-bond acceptors (Lipinski definition) is 10. The predicted molar refractivity (Wildman–Crippen MR) is 150 cm³/mol. The lowest BCUT2D eigenvalue weighted by Gasteiger charge is -2.31. The van der Waals surface area contributed by atoms with Crippen molar-refractivity contribution in [3.8, 4) is 10.7 Å². The van der Waals surface area contributed by atoms with Crippen molar-refractivity contribution in [1.29, 1.82) is 0 Å². The van der Waals surface area contributed by atoms with Gasteiger partial charge in [-0.3, -0.25) is 14.7 Å². The first-order valence-electron chi connectivity index (χ1n) is 12.7. The molecule has 0 unspecified atom stereocenters. The van der Waals surface area contributed by atoms with E-state index in [1.807, 2.05) is 24.4 Å². The van der Waals surface area contributed by atoms with Crippen molar-refractivity contribution in [3.63, 3.8) is 0 Å². The molecular weight excluding hydrogens is 500 g/mol. The first-order valence-corrected chi connectivity index (χ1v) is 13.5. The molecule has 12 heteroatoms. The van der Waals surface area contributed by atoms with Gasteiger partial charge >= 0.3 is 0 Å². The van der Waals surface area contributed by atoms with Crippen molar-refractivity contribution in [1.82, 2.24) is 35.1 Å². The van der Waals surface area contributed by atoms with E-state index in [0.717, 1.165) is 48.9 Å². The number of thiazole rings is 1. The van der Waals surface area contributed by atoms with E-state index in [2.05, 4.69) is 40.5 Å². The third-order valence-electron chi connectivity index (χ3n) is 6.64. The maximum Gasteiger partial charge on any atom is 0.270 e. The summed E-state index contributed by atoms with van der Waals surface area (Å²) in [5, 5.41) is 7.16. The number of nitrogen functional groups attached to an aromatic ring is 2. The van der Waals surface area contributed by atoms with Crippen LogP contribution in [0.2, 0.25) is 0 Å². The Hall–Kier alpha value is -4.03. The molecule has 198 valence electrons. The molecule has 7 N–H and O–H groups in total. The van der Waals surface area contributed by atoms with E-state index >= 15 is 0 Å². The summed E-state index contributed by atoms with van der Waals surface area (Å²) in [6.45, 7) is 4.03. The lowest BCUT2D eigenvalue weighted by Crippen LogP contribution is -2.38. The van der Waals surface area contributed by atoms with Gasteiger partial charge in [-0.05, 0) is 50.0 Å². The van der Waals surface area contributed by atoms with Gasteiger partial charge in [0.1, 0.15) is 10.7 Å². The number of rotatable bonds is 10. The smallest absolute Gasteiger partial charge is 0.270 e. The van der Waals surface area contributed by atoms with E-state index in [1.165, 1.54) is 10.9 Å². The van der Waals surface area contributed by atoms with Gasteiger partial charge in [0, 0.05) is 55.2 Å². The number of likely N-dealkylation sites (tertiary alicyclic amines) is 1. The summed E-state index contributed by atoms with van der Waals surface area (Å²) in [5.74, 6) is 0.582. The molecule has 1 aliphatic heterocycles. The fraction of sp³-hybridized carbons (Fsp3) is 0.346. The summed E-state index contributed by atoms with van der Waals surface area (Å²) in [4.78, 5) is 36.9. The van der Waals surface area contributed by atoms with E-state index < -0.39 is 0 Å². The van der Waals surface area contributed by atoms with Crippen molar-refractivity contribution in [2.45, 2.75) is 25.8 Å². The number of H-pyrrole nitrogens is 1. The van der Waals surface area contributed by atoms with Crippen molar-refractivity contribution in [2.75, 3.05) is 43.0 Å². The molecule has 0 atom stereocenters. The Balaban J connectivity index is 1.08. The van der Waals surface area contributed by atoms with E-state index in [4.69, 9.17) is 11.5 Å². The van der Waals surface area contributed by atoms with Crippen molar-refractivity contribution in [3.05, 3.63) is 65.4 Å². The van der Waals surface area contributed by atoms with Gasteiger partial charge in [-0.15, -0.1) is 11.3 Å². The highest BCUT2D eigenvalue weighted by Gasteiger charge is 2.22. The highest BCUT2D eigenvalue weighted by molar-refractivity contribution is 7.14. The highest BCUT2D eigenvalue weighted by atomic mass is 32.1. The highest BCUT2D eigenvalue weighted by Crippen LogP contribution is 2.26. The van der Waals surface area contributed by atoms with Crippen LogP contribution in [0.4, 0.5) is 17.2 Å². The molecule has 5 heterocycles. The molecule has 1 amide bonds. The monoisotopic (exact) mass is 532 g/mol. The second-order valence-electron chi connectivity index (χ2n) is 9.39. The standard InChI is InChI=1S/C26H32N10OS/c27-20-11-22(35-24(23(20)28)31-8-4-18-13-29-16-34-18)25(37)32-12-17-5-9-36(10-6-17)15-19-14-33-26(38-19)21-3-1-2-7-30-21/h1-3,7,11,13-14,16-17H,4-6,8-10,12,15,28H2,(H,29,34)(H,32,37)(H3,27,31,35). The Kier molecular flexibility index (Phi) is 8.09. The predicted octanol–water partition coefficient (Wildman–Crippen LogP) is 2.78. The molecule has 1 aliphatic rings. The number of aromatic amines is 1. The number of pyridine rings is 2. The van der Waals surface area contributed by atoms with Gasteiger partial charge < -0.3 is 27.1 Å². The molecule has 0 aliphatic carbocycles. The van der Waals surface area contributed by atoms with Crippen molar-refractivity contribution >= 4 is 34.4 Å². The molecule has 0 aromatic carbocycles. The lowest BCUT2D eigenvalue weighted by atomic mass is 9.96. The number of amides is 1. The Morgan fingerprint density at radius 1 is 1.18 bits per heavy atom. The number of anilines is 3. The molecule has 4 aromatic rings. The molecule has 38 heavy (non-hydrogen) atoms. The number of piperidine rings is 1. The molecule has 11 nitrogen and oxygen atoms in total. The molecule has 0 saturated carbocycles. The summed E-state index contributed by atoms with van der Waals surface area (Å²) in [7, 11) is 0. The number of nitrogens with two attached hydrogens (primary N) is 2. The third-order valence-corrected chi connectivity index (χ3v) is 7.64. The molecule has 0 radical (unpaired) electrons. The number of aromatic nitrogens is 5. The lowest BCUT2D eigenvalue weighted by molar-refractivity contribution is 0.0930. The van der Waals surface area contributed by atoms with Crippen LogP contribution in [0.1, 0.15) is 33.9 Å². The summed E-state index contributed by atoms with van der Waals surface area (Å²) >= 11 is 1.69. The average Bonchev–Trinajstić information content (AvgIpc) is 3.63. The second-order valence-corrected chi connectivity index (χ2v) is 10.5. The summed E-state index contributed by atoms with van der Waals surface area (Å²) in [6, 6.07) is 7.40. The molecule has 1 fully saturated rings. The fourth-order valence-electron chi connectivity index (χ4n) is 4.45. The summed E-state index contributed by atoms with van der Waals surface area (Å²) < 4.78 is 0. The van der Waals surface area contributed by atoms with Crippen molar-refractivity contribution in [2.24, 2.45) is 5.92 Å². The van der Waals surface area contributed by atoms with Gasteiger partial charge in [0.05, 0.1) is 23.4 Å². The molecule has 4 aromatic heterocycles. The maximum atomic E-state index is 12.9. The minimum atomic E-state index is -0.248. The summed E-state index contributed by atoms with van der Waals surface area (Å²) in [5.41, 5.74) is 15.0. The van der Waals surface area contributed by atoms with E-state index in [0.29, 0.717) is 42.6 Å². The largest absolute Gasteiger partial charge is 0.397 e. The maximum absolute atomic E-state index is 12.9. The van der Waals surface area contributed by atoms with E-state index in [-0.39, 0.29) is 11.6 Å². The zero-order chi connectivity index (χ0) is 26.3. The number of carbonyl (C=O) groups is 1. The number of carbonyl (C=O) groups excluding carboxylic acids is 1. The van der Waals surface area contributed by atoms with E-state index in [9.17, 15) is 4.79 Å². The molecule has 0 spiro atoms. The van der Waals surface area contributed by atoms with Gasteiger partial charge in [0.15, 0.2) is 5.82 Å². The number of nitrogens with one attached hydrogen (secondary N) is 3. The van der Waals surface area contributed by atoms with Crippen LogP contribution in [0.15, 0.2) is 49.2 Å². The zero-order valence-corrected chi connectivity index (χ0v) is 21.9. The zero-order valence-electron chi connectivity index (χ0n) is 21.1. The Bertz CT molecular complexity index is 1330. The fourth-order valence-corrected chi connectivity index (χ4v) is 5.38. The van der Waals surface area contributed by atoms with Crippen LogP contribution >= 0.6 is 11.3 Å². The Labute approximate surface area is 225 Å². The van der Waals surface area contributed by atoms with Crippen LogP contribution in [0.3, 0.4) is 0 Å². The Morgan fingerprint density at radius 3 is 2.82 bits per heavy atom. The minimum Gasteiger partial charge on any atom is -0.397 e. The Morgan fingerprint density at radius 2 is 2.05 bits per heavy atom. The van der Waals surface area contributed by atoms with Crippen molar-refractivity contribution < 1.29 is 4.79 Å². The van der Waals surface area contributed by atoms with Gasteiger partial charge in [-0.25, -0.2) is 15.0 Å². The number of imidazole rings is 1. The van der Waals surface area contributed by atoms with E-state index in [1.54, 1.807) is 30.1 Å². The van der Waals surface area contributed by atoms with Gasteiger partial charge in [-0.1, -0.05) is 6.07 Å². The quantitative estimate of drug-likeness (QED) is 0.207. The summed E-state index contributed by atoms with van der Waals surface area (Å²) in [6.07, 6.45) is 9.89. The molecule has 1 saturated heterocycles. The SMILES string of the molecule is Nc1cc(C(=O)NCC2CCN(Cc3cnc(-c4ccccn4)s3)CC2)nc(NCCc2cnc[nH]2)c1N. The number of nitrogens with zero attached hydrogens (tertiary/aromatic N) is 5. The first kappa shape index (κ1) is 25.6. The van der Waals surface area contributed by atoms with Crippen LogP contribution in [-0.4, -0.2) is 61.9 Å². The van der Waals surface area contributed by atoms with Crippen LogP contribution in [0.5, 0.6) is 0 Å². The molecular formula is C26H32N10OS. The van der Waals surface area contributed by atoms with Crippen LogP contribution in [-0.2, 0) is 13.0 Å². The normalized spacial score (nSPS) is 14.4.